The van der Waals surface area contributed by atoms with Crippen molar-refractivity contribution in [3.63, 3.8) is 0 Å². The molecule has 0 saturated carbocycles. The van der Waals surface area contributed by atoms with Crippen LogP contribution in [0.1, 0.15) is 5.56 Å². The van der Waals surface area contributed by atoms with Crippen molar-refractivity contribution in [2.75, 3.05) is 4.72 Å². The van der Waals surface area contributed by atoms with Crippen molar-refractivity contribution in [3.05, 3.63) is 52.0 Å². The Labute approximate surface area is 156 Å². The van der Waals surface area contributed by atoms with E-state index in [2.05, 4.69) is 4.52 Å². The molecule has 2 rings (SSSR count). The molecule has 13 heteroatoms. The monoisotopic (exact) mass is 448 g/mol. The molecule has 140 valence electrons. The van der Waals surface area contributed by atoms with Crippen LogP contribution in [0.3, 0.4) is 0 Å². The van der Waals surface area contributed by atoms with Gasteiger partial charge in [0.2, 0.25) is 5.75 Å². The fourth-order valence-corrected chi connectivity index (χ4v) is 3.65. The van der Waals surface area contributed by atoms with E-state index < -0.39 is 39.9 Å². The molecule has 0 aromatic heterocycles. The average molecular weight is 449 g/mol. The van der Waals surface area contributed by atoms with E-state index in [4.69, 9.17) is 28.1 Å². The van der Waals surface area contributed by atoms with Crippen LogP contribution >= 0.6 is 31.5 Å². The number of sulfonamides is 1. The van der Waals surface area contributed by atoms with Crippen LogP contribution in [0.15, 0.2) is 41.3 Å². The molecule has 26 heavy (non-hydrogen) atoms. The Hall–Kier alpha value is -1.58. The Morgan fingerprint density at radius 3 is 2.35 bits per heavy atom. The normalized spacial score (nSPS) is 12.6. The van der Waals surface area contributed by atoms with Gasteiger partial charge in [-0.25, -0.2) is 12.9 Å². The van der Waals surface area contributed by atoms with Crippen molar-refractivity contribution < 1.29 is 35.6 Å². The maximum atomic E-state index is 12.9. The molecule has 0 amide bonds. The Morgan fingerprint density at radius 1 is 1.12 bits per heavy atom. The summed E-state index contributed by atoms with van der Waals surface area (Å²) in [5.74, 6) is -0.341. The third-order valence-corrected chi connectivity index (χ3v) is 5.20. The predicted octanol–water partition coefficient (Wildman–Crippen LogP) is 4.84. The number of halogens is 5. The summed E-state index contributed by atoms with van der Waals surface area (Å²) in [4.78, 5) is 8.08. The zero-order valence-electron chi connectivity index (χ0n) is 12.3. The second-order valence-electron chi connectivity index (χ2n) is 4.71. The van der Waals surface area contributed by atoms with Gasteiger partial charge in [0.25, 0.3) is 10.0 Å². The van der Waals surface area contributed by atoms with Crippen molar-refractivity contribution in [1.82, 2.24) is 0 Å². The minimum absolute atomic E-state index is 0.0512. The lowest BCUT2D eigenvalue weighted by molar-refractivity contribution is -0.137. The second-order valence-corrected chi connectivity index (χ2v) is 7.90. The highest BCUT2D eigenvalue weighted by molar-refractivity contribution is 7.92. The quantitative estimate of drug-likeness (QED) is 0.638. The fraction of sp³-hybridized carbons (Fsp3) is 0.0769. The topological polar surface area (TPSA) is 92.7 Å². The van der Waals surface area contributed by atoms with Gasteiger partial charge in [0.15, 0.2) is 0 Å². The molecule has 0 aliphatic rings. The summed E-state index contributed by atoms with van der Waals surface area (Å²) in [5, 5.41) is -0.615. The molecule has 0 radical (unpaired) electrons. The molecule has 0 spiro atoms. The van der Waals surface area contributed by atoms with Crippen LogP contribution in [0.25, 0.3) is 0 Å². The highest BCUT2D eigenvalue weighted by Crippen LogP contribution is 2.38. The first kappa shape index (κ1) is 20.7. The fourth-order valence-electron chi connectivity index (χ4n) is 1.84. The van der Waals surface area contributed by atoms with Crippen LogP contribution in [0, 0.1) is 0 Å². The molecule has 1 atom stereocenters. The van der Waals surface area contributed by atoms with Gasteiger partial charge in [0.1, 0.15) is 0 Å². The van der Waals surface area contributed by atoms with E-state index >= 15 is 0 Å². The van der Waals surface area contributed by atoms with E-state index in [-0.39, 0.29) is 16.5 Å². The summed E-state index contributed by atoms with van der Waals surface area (Å²) >= 11 is 11.2. The molecule has 2 N–H and O–H groups in total. The van der Waals surface area contributed by atoms with Gasteiger partial charge in [-0.15, -0.1) is 4.89 Å². The minimum Gasteiger partial charge on any atom is -0.276 e. The van der Waals surface area contributed by atoms with E-state index in [1.54, 1.807) is 0 Å². The van der Waals surface area contributed by atoms with Crippen molar-refractivity contribution >= 4 is 47.2 Å². The molecule has 6 nitrogen and oxygen atoms in total. The highest BCUT2D eigenvalue weighted by Gasteiger charge is 2.34. The van der Waals surface area contributed by atoms with E-state index in [0.29, 0.717) is 6.07 Å². The maximum Gasteiger partial charge on any atom is 0.747 e. The molecular formula is C13H8Cl2F3NO5PS+. The van der Waals surface area contributed by atoms with Gasteiger partial charge in [-0.05, 0) is 36.4 Å². The summed E-state index contributed by atoms with van der Waals surface area (Å²) in [7, 11) is -7.63. The first-order valence-corrected chi connectivity index (χ1v) is 9.80. The summed E-state index contributed by atoms with van der Waals surface area (Å²) in [6, 6.07) is 5.47. The molecule has 0 aliphatic heterocycles. The number of hydrogen-bond donors (Lipinski definition) is 2. The van der Waals surface area contributed by atoms with Crippen LogP contribution in [-0.2, 0) is 20.8 Å². The van der Waals surface area contributed by atoms with Gasteiger partial charge in [0.05, 0.1) is 21.2 Å². The van der Waals surface area contributed by atoms with Crippen LogP contribution in [-0.4, -0.2) is 13.3 Å². The Balaban J connectivity index is 2.47. The predicted molar refractivity (Wildman–Crippen MR) is 89.2 cm³/mol. The van der Waals surface area contributed by atoms with Crippen LogP contribution < -0.4 is 9.25 Å². The number of benzene rings is 2. The second kappa shape index (κ2) is 7.58. The summed E-state index contributed by atoms with van der Waals surface area (Å²) in [6.07, 6.45) is -4.86. The van der Waals surface area contributed by atoms with E-state index in [9.17, 15) is 26.2 Å². The van der Waals surface area contributed by atoms with Crippen LogP contribution in [0.4, 0.5) is 18.9 Å². The SMILES string of the molecule is O=[P+](O)Oc1ccc(Cl)cc1NS(=O)(=O)c1ccc(Cl)c(C(F)(F)F)c1. The largest absolute Gasteiger partial charge is 0.747 e. The van der Waals surface area contributed by atoms with E-state index in [1.807, 2.05) is 4.72 Å². The molecule has 0 fully saturated rings. The number of alkyl halides is 3. The van der Waals surface area contributed by atoms with Gasteiger partial charge in [-0.3, -0.25) is 4.72 Å². The number of anilines is 1. The third-order valence-electron chi connectivity index (χ3n) is 2.92. The Morgan fingerprint density at radius 2 is 1.77 bits per heavy atom. The van der Waals surface area contributed by atoms with Crippen molar-refractivity contribution in [1.29, 1.82) is 0 Å². The van der Waals surface area contributed by atoms with Gasteiger partial charge in [-0.1, -0.05) is 23.2 Å². The zero-order chi connectivity index (χ0) is 19.7. The molecule has 0 heterocycles. The number of rotatable bonds is 5. The summed E-state index contributed by atoms with van der Waals surface area (Å²) in [6.45, 7) is 0. The van der Waals surface area contributed by atoms with E-state index in [0.717, 1.165) is 24.3 Å². The molecule has 0 bridgehead atoms. The molecule has 0 saturated heterocycles. The minimum atomic E-state index is -4.86. The van der Waals surface area contributed by atoms with Gasteiger partial charge >= 0.3 is 14.4 Å². The summed E-state index contributed by atoms with van der Waals surface area (Å²) < 4.78 is 80.8. The molecule has 0 aliphatic carbocycles. The van der Waals surface area contributed by atoms with Crippen molar-refractivity contribution in [2.24, 2.45) is 0 Å². The highest BCUT2D eigenvalue weighted by atomic mass is 35.5. The summed E-state index contributed by atoms with van der Waals surface area (Å²) in [5.41, 5.74) is -1.67. The molecule has 1 unspecified atom stereocenters. The van der Waals surface area contributed by atoms with Crippen LogP contribution in [0.5, 0.6) is 5.75 Å². The van der Waals surface area contributed by atoms with Crippen LogP contribution in [0.2, 0.25) is 10.0 Å². The van der Waals surface area contributed by atoms with Crippen molar-refractivity contribution in [2.45, 2.75) is 11.1 Å². The smallest absolute Gasteiger partial charge is 0.276 e. The first-order valence-electron chi connectivity index (χ1n) is 6.43. The van der Waals surface area contributed by atoms with Crippen molar-refractivity contribution in [3.8, 4) is 5.75 Å². The molecule has 2 aromatic carbocycles. The lowest BCUT2D eigenvalue weighted by Gasteiger charge is -2.13. The third kappa shape index (κ3) is 4.99. The van der Waals surface area contributed by atoms with Gasteiger partial charge < -0.3 is 0 Å². The standard InChI is InChI=1S/C13H7Cl2F3NO5PS/c14-7-1-4-12(24-25(20)21)11(5-7)19-26(22,23)8-2-3-10(15)9(6-8)13(16,17)18/h1-6,19H/p+1. The maximum absolute atomic E-state index is 12.9. The number of hydrogen-bond acceptors (Lipinski definition) is 4. The average Bonchev–Trinajstić information content (AvgIpc) is 2.48. The lowest BCUT2D eigenvalue weighted by Crippen LogP contribution is -2.15. The Bertz CT molecular complexity index is 969. The molecule has 2 aromatic rings. The van der Waals surface area contributed by atoms with E-state index in [1.165, 1.54) is 6.07 Å². The van der Waals surface area contributed by atoms with Gasteiger partial charge in [0, 0.05) is 9.59 Å². The first-order chi connectivity index (χ1) is 11.9. The van der Waals surface area contributed by atoms with Gasteiger partial charge in [-0.2, -0.15) is 13.2 Å². The molecular weight excluding hydrogens is 441 g/mol. The zero-order valence-corrected chi connectivity index (χ0v) is 15.5. The Kier molecular flexibility index (Phi) is 6.04. The lowest BCUT2D eigenvalue weighted by atomic mass is 10.2. The number of nitrogens with one attached hydrogen (secondary N) is 1.